The van der Waals surface area contributed by atoms with Gasteiger partial charge in [-0.1, -0.05) is 48.5 Å². The first-order chi connectivity index (χ1) is 21.4. The fraction of sp³-hybridized carbons (Fsp3) is 0.323. The van der Waals surface area contributed by atoms with E-state index in [-0.39, 0.29) is 38.1 Å². The van der Waals surface area contributed by atoms with Crippen molar-refractivity contribution in [1.29, 1.82) is 0 Å². The summed E-state index contributed by atoms with van der Waals surface area (Å²) in [5.74, 6) is -1.36. The summed E-state index contributed by atoms with van der Waals surface area (Å²) < 4.78 is 11.4. The first kappa shape index (κ1) is 30.4. The molecular formula is C31H34N6O7. The number of carboxylic acid groups (broad SMARTS) is 1. The Kier molecular flexibility index (Phi) is 10.00. The van der Waals surface area contributed by atoms with Crippen LogP contribution in [0.1, 0.15) is 22.3 Å². The first-order valence-corrected chi connectivity index (χ1v) is 14.3. The maximum Gasteiger partial charge on any atom is 0.410 e. The number of carboxylic acids is 1. The van der Waals surface area contributed by atoms with Crippen molar-refractivity contribution in [2.75, 3.05) is 36.9 Å². The average Bonchev–Trinajstić information content (AvgIpc) is 3.61. The molecule has 2 amide bonds. The number of ketones is 1. The van der Waals surface area contributed by atoms with Crippen molar-refractivity contribution in [3.05, 3.63) is 90.1 Å². The van der Waals surface area contributed by atoms with Crippen LogP contribution in [0.15, 0.2) is 79.0 Å². The van der Waals surface area contributed by atoms with Gasteiger partial charge in [-0.15, -0.1) is 0 Å². The van der Waals surface area contributed by atoms with Gasteiger partial charge < -0.3 is 35.4 Å². The molecule has 0 radical (unpaired) electrons. The quantitative estimate of drug-likeness (QED) is 0.194. The molecule has 3 heterocycles. The molecule has 2 aromatic carbocycles. The van der Waals surface area contributed by atoms with E-state index in [1.807, 2.05) is 48.5 Å². The van der Waals surface area contributed by atoms with Crippen LogP contribution < -0.4 is 21.3 Å². The molecular weight excluding hydrogens is 568 g/mol. The Morgan fingerprint density at radius 2 is 1.82 bits per heavy atom. The number of anilines is 2. The van der Waals surface area contributed by atoms with Gasteiger partial charge in [-0.25, -0.2) is 9.78 Å². The highest BCUT2D eigenvalue weighted by Gasteiger charge is 2.37. The third-order valence-corrected chi connectivity index (χ3v) is 7.37. The molecule has 13 heteroatoms. The van der Waals surface area contributed by atoms with Crippen molar-refractivity contribution in [2.45, 2.75) is 37.4 Å². The zero-order valence-corrected chi connectivity index (χ0v) is 23.8. The first-order valence-electron chi connectivity index (χ1n) is 14.3. The lowest BCUT2D eigenvalue weighted by molar-refractivity contribution is -0.139. The highest BCUT2D eigenvalue weighted by atomic mass is 16.6. The second-order valence-corrected chi connectivity index (χ2v) is 10.5. The van der Waals surface area contributed by atoms with Gasteiger partial charge in [-0.2, -0.15) is 0 Å². The molecule has 4 atom stereocenters. The molecule has 5 N–H and O–H groups in total. The monoisotopic (exact) mass is 602 g/mol. The standard InChI is InChI=1S/C31H34N6O7/c38-27(34-16-25(30(40)41)36-29-28(39)23-10-4-5-11-24(23)35-29)19-43-22-14-21(15-33-26-12-6-7-13-32-26)37(17-22)31(42)44-18-20-8-2-1-3-9-20/h1-13,21-22,25,29,35-36H,14-19H2,(H,32,33)(H,34,38)(H,40,41). The number of para-hydroxylation sites is 1. The molecule has 44 heavy (non-hydrogen) atoms. The van der Waals surface area contributed by atoms with Gasteiger partial charge in [0.25, 0.3) is 0 Å². The number of aliphatic carboxylic acids is 1. The fourth-order valence-corrected chi connectivity index (χ4v) is 5.10. The van der Waals surface area contributed by atoms with E-state index in [0.717, 1.165) is 5.56 Å². The Morgan fingerprint density at radius 1 is 1.05 bits per heavy atom. The minimum Gasteiger partial charge on any atom is -0.480 e. The minimum atomic E-state index is -1.22. The molecule has 1 saturated heterocycles. The van der Waals surface area contributed by atoms with Crippen LogP contribution in [0.2, 0.25) is 0 Å². The van der Waals surface area contributed by atoms with E-state index in [0.29, 0.717) is 30.0 Å². The summed E-state index contributed by atoms with van der Waals surface area (Å²) >= 11 is 0. The van der Waals surface area contributed by atoms with Crippen molar-refractivity contribution in [1.82, 2.24) is 20.5 Å². The Balaban J connectivity index is 1.11. The van der Waals surface area contributed by atoms with Crippen LogP contribution in [0.3, 0.4) is 0 Å². The normalized spacial score (nSPS) is 19.5. The Labute approximate surface area is 253 Å². The van der Waals surface area contributed by atoms with Crippen LogP contribution in [0.25, 0.3) is 0 Å². The average molecular weight is 603 g/mol. The largest absolute Gasteiger partial charge is 0.480 e. The molecule has 2 aliphatic rings. The van der Waals surface area contributed by atoms with Crippen molar-refractivity contribution in [3.63, 3.8) is 0 Å². The number of carbonyl (C=O) groups is 4. The number of likely N-dealkylation sites (tertiary alicyclic amines) is 1. The molecule has 13 nitrogen and oxygen atoms in total. The molecule has 0 bridgehead atoms. The zero-order chi connectivity index (χ0) is 30.9. The van der Waals surface area contributed by atoms with Crippen molar-refractivity contribution >= 4 is 35.3 Å². The maximum absolute atomic E-state index is 13.0. The van der Waals surface area contributed by atoms with Crippen LogP contribution in [0.4, 0.5) is 16.3 Å². The molecule has 5 rings (SSSR count). The predicted octanol–water partition coefficient (Wildman–Crippen LogP) is 2.08. The van der Waals surface area contributed by atoms with Gasteiger partial charge in [-0.05, 0) is 36.2 Å². The SMILES string of the molecule is O=C(COC1CC(CNc2ccccn2)N(C(=O)OCc2ccccc2)C1)NCC(NC1Nc2ccccc2C1=O)C(=O)O. The third-order valence-electron chi connectivity index (χ3n) is 7.37. The number of hydrogen-bond acceptors (Lipinski definition) is 10. The van der Waals surface area contributed by atoms with E-state index in [9.17, 15) is 24.3 Å². The summed E-state index contributed by atoms with van der Waals surface area (Å²) in [6, 6.07) is 20.2. The number of ether oxygens (including phenoxy) is 2. The summed E-state index contributed by atoms with van der Waals surface area (Å²) in [5.41, 5.74) is 1.94. The van der Waals surface area contributed by atoms with Gasteiger partial charge in [0.2, 0.25) is 11.7 Å². The van der Waals surface area contributed by atoms with Gasteiger partial charge >= 0.3 is 12.1 Å². The number of rotatable bonds is 13. The molecule has 1 fully saturated rings. The number of aromatic nitrogens is 1. The van der Waals surface area contributed by atoms with Crippen LogP contribution in [-0.2, 0) is 25.7 Å². The van der Waals surface area contributed by atoms with Gasteiger partial charge in [0.05, 0.1) is 18.7 Å². The van der Waals surface area contributed by atoms with Crippen LogP contribution in [-0.4, -0.2) is 89.3 Å². The van der Waals surface area contributed by atoms with Crippen molar-refractivity contribution in [2.24, 2.45) is 0 Å². The number of amides is 2. The maximum atomic E-state index is 13.0. The molecule has 4 unspecified atom stereocenters. The summed E-state index contributed by atoms with van der Waals surface area (Å²) in [5, 5.41) is 21.2. The molecule has 230 valence electrons. The summed E-state index contributed by atoms with van der Waals surface area (Å²) in [6.07, 6.45) is 0.240. The van der Waals surface area contributed by atoms with Crippen LogP contribution in [0, 0.1) is 0 Å². The molecule has 0 saturated carbocycles. The number of pyridine rings is 1. The van der Waals surface area contributed by atoms with Crippen molar-refractivity contribution in [3.8, 4) is 0 Å². The van der Waals surface area contributed by atoms with E-state index in [1.165, 1.54) is 0 Å². The smallest absolute Gasteiger partial charge is 0.410 e. The second-order valence-electron chi connectivity index (χ2n) is 10.5. The van der Waals surface area contributed by atoms with E-state index >= 15 is 0 Å². The number of nitrogens with one attached hydrogen (secondary N) is 4. The molecule has 0 aliphatic carbocycles. The van der Waals surface area contributed by atoms with E-state index in [1.54, 1.807) is 35.4 Å². The van der Waals surface area contributed by atoms with Crippen LogP contribution >= 0.6 is 0 Å². The molecule has 1 aromatic heterocycles. The minimum absolute atomic E-state index is 0.122. The van der Waals surface area contributed by atoms with Gasteiger partial charge in [0, 0.05) is 30.5 Å². The number of benzene rings is 2. The van der Waals surface area contributed by atoms with Crippen LogP contribution in [0.5, 0.6) is 0 Å². The molecule has 2 aliphatic heterocycles. The molecule has 3 aromatic rings. The number of fused-ring (bicyclic) bond motifs is 1. The van der Waals surface area contributed by atoms with E-state index in [2.05, 4.69) is 26.3 Å². The highest BCUT2D eigenvalue weighted by Crippen LogP contribution is 2.25. The van der Waals surface area contributed by atoms with E-state index in [4.69, 9.17) is 9.47 Å². The zero-order valence-electron chi connectivity index (χ0n) is 23.8. The van der Waals surface area contributed by atoms with Gasteiger partial charge in [-0.3, -0.25) is 19.7 Å². The lowest BCUT2D eigenvalue weighted by Crippen LogP contribution is -2.53. The third kappa shape index (κ3) is 7.88. The fourth-order valence-electron chi connectivity index (χ4n) is 5.10. The van der Waals surface area contributed by atoms with E-state index < -0.39 is 36.3 Å². The number of carbonyl (C=O) groups excluding carboxylic acids is 3. The topological polar surface area (TPSA) is 171 Å². The second kappa shape index (κ2) is 14.4. The van der Waals surface area contributed by atoms with Gasteiger partial charge in [0.1, 0.15) is 31.2 Å². The lowest BCUT2D eigenvalue weighted by Gasteiger charge is -2.24. The number of hydrogen-bond donors (Lipinski definition) is 5. The Morgan fingerprint density at radius 3 is 2.57 bits per heavy atom. The van der Waals surface area contributed by atoms with Gasteiger partial charge in [0.15, 0.2) is 0 Å². The summed E-state index contributed by atoms with van der Waals surface area (Å²) in [6.45, 7) is 0.129. The lowest BCUT2D eigenvalue weighted by atomic mass is 10.1. The Bertz CT molecular complexity index is 1460. The highest BCUT2D eigenvalue weighted by molar-refractivity contribution is 6.10. The van der Waals surface area contributed by atoms with Crippen molar-refractivity contribution < 1.29 is 33.8 Å². The predicted molar refractivity (Wildman–Crippen MR) is 160 cm³/mol. The number of Topliss-reactive ketones (excluding diaryl/α,β-unsaturated/α-hetero) is 1. The molecule has 0 spiro atoms. The Hall–Kier alpha value is -5.01. The number of nitrogens with zero attached hydrogens (tertiary/aromatic N) is 2. The summed E-state index contributed by atoms with van der Waals surface area (Å²) in [4.78, 5) is 55.9. The summed E-state index contributed by atoms with van der Waals surface area (Å²) in [7, 11) is 0.